The second kappa shape index (κ2) is 11.3. The molecule has 2 heterocycles. The molecule has 2 aromatic heterocycles. The molecule has 4 aromatic rings. The van der Waals surface area contributed by atoms with Crippen molar-refractivity contribution in [3.05, 3.63) is 90.3 Å². The number of sulfonamides is 1. The van der Waals surface area contributed by atoms with Crippen molar-refractivity contribution in [2.75, 3.05) is 26.0 Å². The number of nitrogens with zero attached hydrogens (tertiary/aromatic N) is 3. The summed E-state index contributed by atoms with van der Waals surface area (Å²) in [5, 5.41) is 7.14. The molecular weight excluding hydrogens is 508 g/mol. The van der Waals surface area contributed by atoms with Gasteiger partial charge in [-0.3, -0.25) is 4.79 Å². The highest BCUT2D eigenvalue weighted by Gasteiger charge is 2.18. The largest absolute Gasteiger partial charge is 0.460 e. The predicted molar refractivity (Wildman–Crippen MR) is 142 cm³/mol. The SMILES string of the molecule is Cc1ccc(-c2nn(-c3ccccc3)cc2/C=C/C(=O)OCC(=O)Nc2cccc(S(=O)(=O)N(C)C)c2)o1. The lowest BCUT2D eigenvalue weighted by Gasteiger charge is -2.12. The Morgan fingerprint density at radius 1 is 1.08 bits per heavy atom. The van der Waals surface area contributed by atoms with E-state index in [0.717, 1.165) is 15.8 Å². The van der Waals surface area contributed by atoms with Crippen LogP contribution < -0.4 is 5.32 Å². The number of aryl methyl sites for hydroxylation is 1. The van der Waals surface area contributed by atoms with Crippen LogP contribution >= 0.6 is 0 Å². The Kier molecular flexibility index (Phi) is 7.89. The van der Waals surface area contributed by atoms with Crippen molar-refractivity contribution >= 4 is 33.7 Å². The van der Waals surface area contributed by atoms with E-state index in [1.54, 1.807) is 16.9 Å². The molecule has 0 spiro atoms. The van der Waals surface area contributed by atoms with Crippen LogP contribution in [-0.4, -0.2) is 55.1 Å². The molecule has 10 nitrogen and oxygen atoms in total. The van der Waals surface area contributed by atoms with Crippen LogP contribution in [0.3, 0.4) is 0 Å². The highest BCUT2D eigenvalue weighted by molar-refractivity contribution is 7.89. The third kappa shape index (κ3) is 6.25. The van der Waals surface area contributed by atoms with Gasteiger partial charge < -0.3 is 14.5 Å². The van der Waals surface area contributed by atoms with Gasteiger partial charge in [0.1, 0.15) is 11.5 Å². The number of carbonyl (C=O) groups excluding carboxylic acids is 2. The average Bonchev–Trinajstić information content (AvgIpc) is 3.53. The summed E-state index contributed by atoms with van der Waals surface area (Å²) < 4.78 is 38.1. The zero-order valence-electron chi connectivity index (χ0n) is 21.0. The van der Waals surface area contributed by atoms with Gasteiger partial charge in [0.2, 0.25) is 10.0 Å². The number of hydrogen-bond donors (Lipinski definition) is 1. The highest BCUT2D eigenvalue weighted by Crippen LogP contribution is 2.26. The normalized spacial score (nSPS) is 11.7. The number of aromatic nitrogens is 2. The van der Waals surface area contributed by atoms with E-state index in [-0.39, 0.29) is 10.6 Å². The first-order valence-corrected chi connectivity index (χ1v) is 13.0. The van der Waals surface area contributed by atoms with Gasteiger partial charge in [-0.1, -0.05) is 24.3 Å². The molecule has 0 fully saturated rings. The van der Waals surface area contributed by atoms with Crippen molar-refractivity contribution in [3.8, 4) is 17.1 Å². The fourth-order valence-corrected chi connectivity index (χ4v) is 4.41. The summed E-state index contributed by atoms with van der Waals surface area (Å²) in [6, 6.07) is 18.9. The topological polar surface area (TPSA) is 124 Å². The van der Waals surface area contributed by atoms with Gasteiger partial charge in [0.15, 0.2) is 12.4 Å². The van der Waals surface area contributed by atoms with Gasteiger partial charge in [-0.2, -0.15) is 5.10 Å². The molecule has 0 aliphatic rings. The van der Waals surface area contributed by atoms with Gasteiger partial charge in [-0.25, -0.2) is 22.2 Å². The minimum Gasteiger partial charge on any atom is -0.460 e. The van der Waals surface area contributed by atoms with Crippen LogP contribution in [0.5, 0.6) is 0 Å². The van der Waals surface area contributed by atoms with Crippen molar-refractivity contribution in [1.29, 1.82) is 0 Å². The van der Waals surface area contributed by atoms with Crippen LogP contribution in [0.25, 0.3) is 23.2 Å². The molecule has 1 amide bonds. The number of amides is 1. The van der Waals surface area contributed by atoms with Crippen molar-refractivity contribution < 1.29 is 27.2 Å². The van der Waals surface area contributed by atoms with E-state index in [1.165, 1.54) is 50.5 Å². The maximum absolute atomic E-state index is 12.3. The summed E-state index contributed by atoms with van der Waals surface area (Å²) in [4.78, 5) is 24.7. The summed E-state index contributed by atoms with van der Waals surface area (Å²) in [6.07, 6.45) is 4.49. The molecule has 38 heavy (non-hydrogen) atoms. The fourth-order valence-electron chi connectivity index (χ4n) is 3.46. The summed E-state index contributed by atoms with van der Waals surface area (Å²) in [5.41, 5.74) is 2.24. The van der Waals surface area contributed by atoms with E-state index in [2.05, 4.69) is 10.4 Å². The minimum absolute atomic E-state index is 0.0267. The van der Waals surface area contributed by atoms with Crippen LogP contribution in [-0.2, 0) is 24.3 Å². The van der Waals surface area contributed by atoms with Crippen molar-refractivity contribution in [1.82, 2.24) is 14.1 Å². The number of carbonyl (C=O) groups is 2. The third-order valence-corrected chi connectivity index (χ3v) is 7.19. The summed E-state index contributed by atoms with van der Waals surface area (Å²) in [7, 11) is -0.828. The Labute approximate surface area is 220 Å². The average molecular weight is 535 g/mol. The lowest BCUT2D eigenvalue weighted by atomic mass is 10.2. The maximum Gasteiger partial charge on any atom is 0.331 e. The molecule has 11 heteroatoms. The fraction of sp³-hybridized carbons (Fsp3) is 0.148. The Bertz CT molecular complexity index is 1590. The van der Waals surface area contributed by atoms with Crippen LogP contribution in [0.2, 0.25) is 0 Å². The standard InChI is InChI=1S/C27H26N4O6S/c1-19-12-14-24(37-19)27-20(17-31(29-27)22-9-5-4-6-10-22)13-15-26(33)36-18-25(32)28-21-8-7-11-23(16-21)38(34,35)30(2)3/h4-17H,18H2,1-3H3,(H,28,32)/b15-13+. The van der Waals surface area contributed by atoms with E-state index in [9.17, 15) is 18.0 Å². The molecule has 0 unspecified atom stereocenters. The Morgan fingerprint density at radius 2 is 1.84 bits per heavy atom. The van der Waals surface area contributed by atoms with Crippen molar-refractivity contribution in [3.63, 3.8) is 0 Å². The number of para-hydroxylation sites is 1. The maximum atomic E-state index is 12.3. The molecule has 1 N–H and O–H groups in total. The number of nitrogens with one attached hydrogen (secondary N) is 1. The van der Waals surface area contributed by atoms with E-state index < -0.39 is 28.5 Å². The molecule has 0 atom stereocenters. The second-order valence-electron chi connectivity index (χ2n) is 8.43. The van der Waals surface area contributed by atoms with Crippen LogP contribution in [0.4, 0.5) is 5.69 Å². The first kappa shape index (κ1) is 26.6. The van der Waals surface area contributed by atoms with Crippen LogP contribution in [0.1, 0.15) is 11.3 Å². The van der Waals surface area contributed by atoms with Crippen molar-refractivity contribution in [2.45, 2.75) is 11.8 Å². The first-order chi connectivity index (χ1) is 18.1. The quantitative estimate of drug-likeness (QED) is 0.255. The number of furan rings is 1. The Morgan fingerprint density at radius 3 is 2.53 bits per heavy atom. The summed E-state index contributed by atoms with van der Waals surface area (Å²) >= 11 is 0. The van der Waals surface area contributed by atoms with Gasteiger partial charge in [0.05, 0.1) is 10.6 Å². The second-order valence-corrected chi connectivity index (χ2v) is 10.6. The zero-order chi connectivity index (χ0) is 27.3. The molecule has 0 saturated carbocycles. The lowest BCUT2D eigenvalue weighted by Crippen LogP contribution is -2.23. The van der Waals surface area contributed by atoms with Gasteiger partial charge in [-0.05, 0) is 55.5 Å². The molecule has 196 valence electrons. The molecular formula is C27H26N4O6S. The van der Waals surface area contributed by atoms with Gasteiger partial charge >= 0.3 is 5.97 Å². The Balaban J connectivity index is 1.42. The molecule has 0 aliphatic heterocycles. The number of esters is 1. The predicted octanol–water partition coefficient (Wildman–Crippen LogP) is 3.89. The van der Waals surface area contributed by atoms with Gasteiger partial charge in [0.25, 0.3) is 5.91 Å². The number of rotatable bonds is 9. The highest BCUT2D eigenvalue weighted by atomic mass is 32.2. The lowest BCUT2D eigenvalue weighted by molar-refractivity contribution is -0.142. The molecule has 4 rings (SSSR count). The van der Waals surface area contributed by atoms with Crippen LogP contribution in [0.15, 0.2) is 88.3 Å². The van der Waals surface area contributed by atoms with Crippen LogP contribution in [0, 0.1) is 6.92 Å². The molecule has 2 aromatic carbocycles. The first-order valence-electron chi connectivity index (χ1n) is 11.5. The molecule has 0 aliphatic carbocycles. The monoisotopic (exact) mass is 534 g/mol. The third-order valence-electron chi connectivity index (χ3n) is 5.38. The molecule has 0 saturated heterocycles. The Hall–Kier alpha value is -4.48. The number of anilines is 1. The van der Waals surface area contributed by atoms with E-state index in [0.29, 0.717) is 17.0 Å². The van der Waals surface area contributed by atoms with Gasteiger partial charge in [-0.15, -0.1) is 0 Å². The van der Waals surface area contributed by atoms with E-state index in [4.69, 9.17) is 9.15 Å². The van der Waals surface area contributed by atoms with Gasteiger partial charge in [0, 0.05) is 37.6 Å². The number of benzene rings is 2. The zero-order valence-corrected chi connectivity index (χ0v) is 21.8. The van der Waals surface area contributed by atoms with E-state index in [1.807, 2.05) is 43.3 Å². The smallest absolute Gasteiger partial charge is 0.331 e. The minimum atomic E-state index is -3.66. The summed E-state index contributed by atoms with van der Waals surface area (Å²) in [6.45, 7) is 1.27. The van der Waals surface area contributed by atoms with E-state index >= 15 is 0 Å². The van der Waals surface area contributed by atoms with Crippen molar-refractivity contribution in [2.24, 2.45) is 0 Å². The summed E-state index contributed by atoms with van der Waals surface area (Å²) in [5.74, 6) is -0.0875. The number of ether oxygens (including phenoxy) is 1. The number of hydrogen-bond acceptors (Lipinski definition) is 7. The molecule has 0 radical (unpaired) electrons. The molecule has 0 bridgehead atoms.